The van der Waals surface area contributed by atoms with Crippen molar-refractivity contribution >= 4 is 17.7 Å². The number of hydrogen-bond donors (Lipinski definition) is 1. The summed E-state index contributed by atoms with van der Waals surface area (Å²) in [4.78, 5) is 18.6. The lowest BCUT2D eigenvalue weighted by Crippen LogP contribution is -2.29. The standard InChI is InChI=1S/C20H21FN4O2S/c1-25(11-4-12-27-17-9-7-16(21)8-10-17)19(26)18-6-3-2-5-15(18)13-28-20-22-14-23-24-20/h2-3,5-10,14H,4,11-13H2,1H3,(H,22,23,24). The summed E-state index contributed by atoms with van der Waals surface area (Å²) in [5.41, 5.74) is 1.62. The van der Waals surface area contributed by atoms with Crippen LogP contribution < -0.4 is 4.74 Å². The number of amides is 1. The van der Waals surface area contributed by atoms with Crippen molar-refractivity contribution in [3.8, 4) is 5.75 Å². The van der Waals surface area contributed by atoms with E-state index in [1.807, 2.05) is 24.3 Å². The SMILES string of the molecule is CN(CCCOc1ccc(F)cc1)C(=O)c1ccccc1CSc1ncn[nH]1. The minimum Gasteiger partial charge on any atom is -0.494 e. The molecule has 0 spiro atoms. The molecule has 0 saturated carbocycles. The third kappa shape index (κ3) is 5.56. The summed E-state index contributed by atoms with van der Waals surface area (Å²) in [7, 11) is 1.78. The van der Waals surface area contributed by atoms with Gasteiger partial charge >= 0.3 is 0 Å². The van der Waals surface area contributed by atoms with Crippen LogP contribution in [0.2, 0.25) is 0 Å². The molecule has 0 bridgehead atoms. The molecule has 3 aromatic rings. The molecule has 0 atom stereocenters. The zero-order valence-corrected chi connectivity index (χ0v) is 16.3. The molecule has 3 rings (SSSR count). The summed E-state index contributed by atoms with van der Waals surface area (Å²) in [5.74, 6) is 0.914. The molecule has 0 aliphatic rings. The van der Waals surface area contributed by atoms with Gasteiger partial charge in [0.15, 0.2) is 5.16 Å². The van der Waals surface area contributed by atoms with Gasteiger partial charge in [-0.3, -0.25) is 9.89 Å². The number of halogens is 1. The van der Waals surface area contributed by atoms with E-state index in [1.165, 1.54) is 30.2 Å². The van der Waals surface area contributed by atoms with Gasteiger partial charge in [0.2, 0.25) is 0 Å². The molecule has 1 aromatic heterocycles. The Labute approximate surface area is 167 Å². The van der Waals surface area contributed by atoms with Crippen molar-refractivity contribution in [2.45, 2.75) is 17.3 Å². The quantitative estimate of drug-likeness (QED) is 0.437. The number of H-pyrrole nitrogens is 1. The van der Waals surface area contributed by atoms with Gasteiger partial charge in [0.1, 0.15) is 17.9 Å². The molecule has 0 saturated heterocycles. The summed E-state index contributed by atoms with van der Waals surface area (Å²) in [5, 5.41) is 7.34. The Morgan fingerprint density at radius 2 is 2.00 bits per heavy atom. The highest BCUT2D eigenvalue weighted by Crippen LogP contribution is 2.22. The van der Waals surface area contributed by atoms with Crippen LogP contribution in [0.1, 0.15) is 22.3 Å². The third-order valence-corrected chi connectivity index (χ3v) is 5.00. The third-order valence-electron chi connectivity index (χ3n) is 4.07. The molecule has 28 heavy (non-hydrogen) atoms. The van der Waals surface area contributed by atoms with Crippen LogP contribution in [0.3, 0.4) is 0 Å². The number of hydrogen-bond acceptors (Lipinski definition) is 5. The van der Waals surface area contributed by atoms with Crippen LogP contribution in [-0.2, 0) is 5.75 Å². The van der Waals surface area contributed by atoms with Crippen LogP contribution in [0.5, 0.6) is 5.75 Å². The predicted octanol–water partition coefficient (Wildman–Crippen LogP) is 3.78. The minimum absolute atomic E-state index is 0.0319. The van der Waals surface area contributed by atoms with Gasteiger partial charge < -0.3 is 9.64 Å². The molecule has 6 nitrogen and oxygen atoms in total. The van der Waals surface area contributed by atoms with E-state index in [9.17, 15) is 9.18 Å². The smallest absolute Gasteiger partial charge is 0.253 e. The Bertz CT molecular complexity index is 887. The maximum atomic E-state index is 12.9. The zero-order valence-electron chi connectivity index (χ0n) is 15.5. The van der Waals surface area contributed by atoms with Gasteiger partial charge in [-0.2, -0.15) is 5.10 Å². The summed E-state index contributed by atoms with van der Waals surface area (Å²) in [6.07, 6.45) is 2.13. The van der Waals surface area contributed by atoms with Gasteiger partial charge in [-0.15, -0.1) is 0 Å². The number of rotatable bonds is 9. The monoisotopic (exact) mass is 400 g/mol. The van der Waals surface area contributed by atoms with E-state index in [0.717, 1.165) is 5.56 Å². The topological polar surface area (TPSA) is 71.1 Å². The first kappa shape index (κ1) is 19.9. The van der Waals surface area contributed by atoms with E-state index in [0.29, 0.717) is 41.8 Å². The lowest BCUT2D eigenvalue weighted by atomic mass is 10.1. The summed E-state index contributed by atoms with van der Waals surface area (Å²) < 4.78 is 18.5. The van der Waals surface area contributed by atoms with E-state index < -0.39 is 0 Å². The van der Waals surface area contributed by atoms with Gasteiger partial charge in [-0.1, -0.05) is 30.0 Å². The number of aromatic amines is 1. The fourth-order valence-electron chi connectivity index (χ4n) is 2.59. The zero-order chi connectivity index (χ0) is 19.8. The van der Waals surface area contributed by atoms with E-state index in [-0.39, 0.29) is 11.7 Å². The minimum atomic E-state index is -0.294. The fraction of sp³-hybridized carbons (Fsp3) is 0.250. The largest absolute Gasteiger partial charge is 0.494 e. The Hall–Kier alpha value is -2.87. The van der Waals surface area contributed by atoms with Gasteiger partial charge in [-0.25, -0.2) is 9.37 Å². The number of ether oxygens (including phenoxy) is 1. The lowest BCUT2D eigenvalue weighted by molar-refractivity contribution is 0.0787. The van der Waals surface area contributed by atoms with Crippen molar-refractivity contribution in [2.75, 3.05) is 20.2 Å². The normalized spacial score (nSPS) is 10.6. The maximum Gasteiger partial charge on any atom is 0.253 e. The van der Waals surface area contributed by atoms with Crippen molar-refractivity contribution in [3.05, 3.63) is 71.8 Å². The molecule has 0 radical (unpaired) electrons. The number of nitrogens with zero attached hydrogens (tertiary/aromatic N) is 3. The summed E-state index contributed by atoms with van der Waals surface area (Å²) >= 11 is 1.50. The molecule has 0 unspecified atom stereocenters. The first-order chi connectivity index (χ1) is 13.6. The Balaban J connectivity index is 1.50. The lowest BCUT2D eigenvalue weighted by Gasteiger charge is -2.19. The number of carbonyl (C=O) groups excluding carboxylic acids is 1. The highest BCUT2D eigenvalue weighted by molar-refractivity contribution is 7.98. The van der Waals surface area contributed by atoms with Crippen LogP contribution in [0.15, 0.2) is 60.0 Å². The average molecular weight is 400 g/mol. The van der Waals surface area contributed by atoms with Crippen LogP contribution >= 0.6 is 11.8 Å². The van der Waals surface area contributed by atoms with Crippen LogP contribution in [0, 0.1) is 5.82 Å². The molecule has 0 aliphatic carbocycles. The van der Waals surface area contributed by atoms with E-state index >= 15 is 0 Å². The number of benzene rings is 2. The first-order valence-electron chi connectivity index (χ1n) is 8.83. The molecule has 146 valence electrons. The van der Waals surface area contributed by atoms with Crippen molar-refractivity contribution in [1.29, 1.82) is 0 Å². The van der Waals surface area contributed by atoms with Crippen molar-refractivity contribution in [3.63, 3.8) is 0 Å². The van der Waals surface area contributed by atoms with Crippen LogP contribution in [0.25, 0.3) is 0 Å². The average Bonchev–Trinajstić information content (AvgIpc) is 3.24. The van der Waals surface area contributed by atoms with Crippen LogP contribution in [0.4, 0.5) is 4.39 Å². The Morgan fingerprint density at radius 1 is 1.21 bits per heavy atom. The molecule has 0 fully saturated rings. The maximum absolute atomic E-state index is 12.9. The molecule has 0 aliphatic heterocycles. The van der Waals surface area contributed by atoms with E-state index in [1.54, 1.807) is 24.1 Å². The Kier molecular flexibility index (Phi) is 7.02. The van der Waals surface area contributed by atoms with Gasteiger partial charge in [0.25, 0.3) is 5.91 Å². The highest BCUT2D eigenvalue weighted by atomic mass is 32.2. The summed E-state index contributed by atoms with van der Waals surface area (Å²) in [6.45, 7) is 1.01. The molecule has 1 amide bonds. The molecular weight excluding hydrogens is 379 g/mol. The number of nitrogens with one attached hydrogen (secondary N) is 1. The second-order valence-electron chi connectivity index (χ2n) is 6.12. The Morgan fingerprint density at radius 3 is 2.75 bits per heavy atom. The number of thioether (sulfide) groups is 1. The second kappa shape index (κ2) is 9.89. The predicted molar refractivity (Wildman–Crippen MR) is 106 cm³/mol. The van der Waals surface area contributed by atoms with Gasteiger partial charge in [0, 0.05) is 24.9 Å². The molecular formula is C20H21FN4O2S. The van der Waals surface area contributed by atoms with Crippen LogP contribution in [-0.4, -0.2) is 46.2 Å². The highest BCUT2D eigenvalue weighted by Gasteiger charge is 2.15. The molecule has 1 N–H and O–H groups in total. The fourth-order valence-corrected chi connectivity index (χ4v) is 3.38. The van der Waals surface area contributed by atoms with E-state index in [2.05, 4.69) is 15.2 Å². The van der Waals surface area contributed by atoms with Crippen molar-refractivity contribution in [2.24, 2.45) is 0 Å². The van der Waals surface area contributed by atoms with Gasteiger partial charge in [0.05, 0.1) is 6.61 Å². The van der Waals surface area contributed by atoms with E-state index in [4.69, 9.17) is 4.74 Å². The number of aromatic nitrogens is 3. The van der Waals surface area contributed by atoms with Crippen molar-refractivity contribution in [1.82, 2.24) is 20.1 Å². The second-order valence-corrected chi connectivity index (χ2v) is 7.08. The first-order valence-corrected chi connectivity index (χ1v) is 9.82. The molecule has 8 heteroatoms. The molecule has 2 aromatic carbocycles. The number of carbonyl (C=O) groups is 1. The van der Waals surface area contributed by atoms with Crippen molar-refractivity contribution < 1.29 is 13.9 Å². The molecule has 1 heterocycles. The van der Waals surface area contributed by atoms with Gasteiger partial charge in [-0.05, 0) is 42.3 Å². The summed E-state index contributed by atoms with van der Waals surface area (Å²) in [6, 6.07) is 13.5.